The van der Waals surface area contributed by atoms with Crippen molar-refractivity contribution in [2.45, 2.75) is 38.6 Å². The van der Waals surface area contributed by atoms with Gasteiger partial charge in [0.05, 0.1) is 17.9 Å². The van der Waals surface area contributed by atoms with E-state index >= 15 is 0 Å². The molecule has 0 aliphatic carbocycles. The van der Waals surface area contributed by atoms with Gasteiger partial charge >= 0.3 is 6.09 Å². The Morgan fingerprint density at radius 3 is 2.64 bits per heavy atom. The van der Waals surface area contributed by atoms with Gasteiger partial charge in [-0.15, -0.1) is 0 Å². The molecule has 0 spiro atoms. The van der Waals surface area contributed by atoms with Gasteiger partial charge in [-0.3, -0.25) is 14.7 Å². The number of anilines is 1. The molecule has 118 valence electrons. The van der Waals surface area contributed by atoms with Crippen molar-refractivity contribution in [3.63, 3.8) is 0 Å². The number of ether oxygens (including phenoxy) is 1. The van der Waals surface area contributed by atoms with Crippen molar-refractivity contribution in [3.05, 3.63) is 18.1 Å². The van der Waals surface area contributed by atoms with Crippen LogP contribution in [0.4, 0.5) is 10.6 Å². The molecule has 0 bridgehead atoms. The SMILES string of the molecule is CC(=O)N1CCC(c2cncc(N3C(=O)OC[C@@H]3C)n2)CC1. The molecule has 1 aromatic heterocycles. The maximum absolute atomic E-state index is 11.8. The van der Waals surface area contributed by atoms with Crippen LogP contribution < -0.4 is 4.90 Å². The Morgan fingerprint density at radius 2 is 2.05 bits per heavy atom. The van der Waals surface area contributed by atoms with Crippen molar-refractivity contribution >= 4 is 17.8 Å². The number of hydrogen-bond donors (Lipinski definition) is 0. The molecular weight excluding hydrogens is 284 g/mol. The van der Waals surface area contributed by atoms with Gasteiger partial charge in [-0.2, -0.15) is 0 Å². The molecule has 0 unspecified atom stereocenters. The van der Waals surface area contributed by atoms with Crippen LogP contribution in [0.3, 0.4) is 0 Å². The summed E-state index contributed by atoms with van der Waals surface area (Å²) in [6.45, 7) is 5.38. The first-order valence-electron chi connectivity index (χ1n) is 7.59. The van der Waals surface area contributed by atoms with Crippen LogP contribution in [0.1, 0.15) is 38.3 Å². The van der Waals surface area contributed by atoms with Crippen molar-refractivity contribution < 1.29 is 14.3 Å². The summed E-state index contributed by atoms with van der Waals surface area (Å²) >= 11 is 0. The molecular formula is C15H20N4O3. The Morgan fingerprint density at radius 1 is 1.32 bits per heavy atom. The van der Waals surface area contributed by atoms with E-state index in [4.69, 9.17) is 4.74 Å². The monoisotopic (exact) mass is 304 g/mol. The van der Waals surface area contributed by atoms with E-state index < -0.39 is 0 Å². The zero-order valence-electron chi connectivity index (χ0n) is 12.9. The van der Waals surface area contributed by atoms with Crippen LogP contribution in [-0.2, 0) is 9.53 Å². The summed E-state index contributed by atoms with van der Waals surface area (Å²) in [5.74, 6) is 0.936. The molecule has 7 nitrogen and oxygen atoms in total. The first-order chi connectivity index (χ1) is 10.6. The first kappa shape index (κ1) is 14.7. The van der Waals surface area contributed by atoms with E-state index in [0.717, 1.165) is 31.6 Å². The summed E-state index contributed by atoms with van der Waals surface area (Å²) in [6.07, 6.45) is 4.72. The van der Waals surface area contributed by atoms with Crippen LogP contribution in [-0.4, -0.2) is 52.6 Å². The van der Waals surface area contributed by atoms with Gasteiger partial charge in [0.1, 0.15) is 6.61 Å². The number of piperidine rings is 1. The molecule has 22 heavy (non-hydrogen) atoms. The van der Waals surface area contributed by atoms with Gasteiger partial charge in [-0.25, -0.2) is 9.78 Å². The average Bonchev–Trinajstić information content (AvgIpc) is 2.86. The van der Waals surface area contributed by atoms with Crippen molar-refractivity contribution in [2.24, 2.45) is 0 Å². The zero-order valence-corrected chi connectivity index (χ0v) is 12.9. The lowest BCUT2D eigenvalue weighted by Gasteiger charge is -2.31. The molecule has 2 saturated heterocycles. The standard InChI is InChI=1S/C15H20N4O3/c1-10-9-22-15(21)19(10)14-8-16-7-13(17-14)12-3-5-18(6-4-12)11(2)20/h7-8,10,12H,3-6,9H2,1-2H3/t10-/m0/s1. The highest BCUT2D eigenvalue weighted by atomic mass is 16.6. The average molecular weight is 304 g/mol. The second-order valence-corrected chi connectivity index (χ2v) is 5.88. The van der Waals surface area contributed by atoms with Gasteiger partial charge in [0.2, 0.25) is 5.91 Å². The van der Waals surface area contributed by atoms with E-state index in [0.29, 0.717) is 12.4 Å². The molecule has 1 atom stereocenters. The highest BCUT2D eigenvalue weighted by Gasteiger charge is 2.33. The Labute approximate surface area is 129 Å². The molecule has 3 rings (SSSR count). The molecule has 0 N–H and O–H groups in total. The molecule has 3 heterocycles. The van der Waals surface area contributed by atoms with E-state index in [1.165, 1.54) is 0 Å². The molecule has 7 heteroatoms. The fourth-order valence-electron chi connectivity index (χ4n) is 3.01. The topological polar surface area (TPSA) is 75.6 Å². The number of aromatic nitrogens is 2. The molecule has 2 amide bonds. The molecule has 2 fully saturated rings. The van der Waals surface area contributed by atoms with E-state index in [2.05, 4.69) is 9.97 Å². The number of carbonyl (C=O) groups excluding carboxylic acids is 2. The second-order valence-electron chi connectivity index (χ2n) is 5.88. The van der Waals surface area contributed by atoms with E-state index in [-0.39, 0.29) is 24.0 Å². The summed E-state index contributed by atoms with van der Waals surface area (Å²) in [4.78, 5) is 35.4. The van der Waals surface area contributed by atoms with E-state index in [9.17, 15) is 9.59 Å². The maximum atomic E-state index is 11.8. The van der Waals surface area contributed by atoms with Crippen LogP contribution in [0.2, 0.25) is 0 Å². The lowest BCUT2D eigenvalue weighted by molar-refractivity contribution is -0.129. The van der Waals surface area contributed by atoms with Crippen molar-refractivity contribution in [3.8, 4) is 0 Å². The second kappa shape index (κ2) is 5.90. The van der Waals surface area contributed by atoms with E-state index in [1.54, 1.807) is 24.2 Å². The first-order valence-corrected chi connectivity index (χ1v) is 7.59. The van der Waals surface area contributed by atoms with Crippen LogP contribution >= 0.6 is 0 Å². The Kier molecular flexibility index (Phi) is 3.96. The van der Waals surface area contributed by atoms with Crippen LogP contribution in [0.5, 0.6) is 0 Å². The normalized spacial score (nSPS) is 22.8. The number of hydrogen-bond acceptors (Lipinski definition) is 5. The summed E-state index contributed by atoms with van der Waals surface area (Å²) in [7, 11) is 0. The van der Waals surface area contributed by atoms with Gasteiger partial charge in [-0.1, -0.05) is 0 Å². The largest absolute Gasteiger partial charge is 0.447 e. The minimum absolute atomic E-state index is 0.0309. The lowest BCUT2D eigenvalue weighted by Crippen LogP contribution is -2.36. The summed E-state index contributed by atoms with van der Waals surface area (Å²) in [6, 6.07) is -0.0309. The molecule has 2 aliphatic heterocycles. The number of likely N-dealkylation sites (tertiary alicyclic amines) is 1. The van der Waals surface area contributed by atoms with Crippen molar-refractivity contribution in [2.75, 3.05) is 24.6 Å². The summed E-state index contributed by atoms with van der Waals surface area (Å²) in [5.41, 5.74) is 0.882. The predicted molar refractivity (Wildman–Crippen MR) is 79.6 cm³/mol. The van der Waals surface area contributed by atoms with Gasteiger partial charge in [0, 0.05) is 32.1 Å². The number of cyclic esters (lactones) is 1. The highest BCUT2D eigenvalue weighted by molar-refractivity contribution is 5.88. The molecule has 0 radical (unpaired) electrons. The van der Waals surface area contributed by atoms with Gasteiger partial charge in [0.15, 0.2) is 5.82 Å². The van der Waals surface area contributed by atoms with Crippen LogP contribution in [0, 0.1) is 0 Å². The van der Waals surface area contributed by atoms with Crippen LogP contribution in [0.25, 0.3) is 0 Å². The Balaban J connectivity index is 1.75. The fourth-order valence-corrected chi connectivity index (χ4v) is 3.01. The molecule has 0 saturated carbocycles. The minimum Gasteiger partial charge on any atom is -0.447 e. The van der Waals surface area contributed by atoms with Crippen LogP contribution in [0.15, 0.2) is 12.4 Å². The molecule has 1 aromatic rings. The third-order valence-corrected chi connectivity index (χ3v) is 4.33. The van der Waals surface area contributed by atoms with Gasteiger partial charge in [-0.05, 0) is 19.8 Å². The lowest BCUT2D eigenvalue weighted by atomic mass is 9.94. The third-order valence-electron chi connectivity index (χ3n) is 4.33. The zero-order chi connectivity index (χ0) is 15.7. The third kappa shape index (κ3) is 2.75. The Hall–Kier alpha value is -2.18. The number of nitrogens with zero attached hydrogens (tertiary/aromatic N) is 4. The smallest absolute Gasteiger partial charge is 0.415 e. The summed E-state index contributed by atoms with van der Waals surface area (Å²) < 4.78 is 5.03. The number of carbonyl (C=O) groups is 2. The molecule has 2 aliphatic rings. The van der Waals surface area contributed by atoms with Crippen molar-refractivity contribution in [1.82, 2.24) is 14.9 Å². The number of rotatable bonds is 2. The number of amides is 2. The molecule has 0 aromatic carbocycles. The minimum atomic E-state index is -0.370. The summed E-state index contributed by atoms with van der Waals surface area (Å²) in [5, 5.41) is 0. The fraction of sp³-hybridized carbons (Fsp3) is 0.600. The highest BCUT2D eigenvalue weighted by Crippen LogP contribution is 2.28. The maximum Gasteiger partial charge on any atom is 0.415 e. The Bertz CT molecular complexity index is 584. The van der Waals surface area contributed by atoms with E-state index in [1.807, 2.05) is 11.8 Å². The predicted octanol–water partition coefficient (Wildman–Crippen LogP) is 1.55. The van der Waals surface area contributed by atoms with Crippen molar-refractivity contribution in [1.29, 1.82) is 0 Å². The van der Waals surface area contributed by atoms with Gasteiger partial charge in [0.25, 0.3) is 0 Å². The van der Waals surface area contributed by atoms with Gasteiger partial charge < -0.3 is 9.64 Å². The quantitative estimate of drug-likeness (QED) is 0.828.